The van der Waals surface area contributed by atoms with E-state index >= 15 is 0 Å². The first kappa shape index (κ1) is 35.6. The van der Waals surface area contributed by atoms with Gasteiger partial charge in [-0.3, -0.25) is 9.59 Å². The van der Waals surface area contributed by atoms with E-state index in [-0.39, 0.29) is 36.0 Å². The van der Waals surface area contributed by atoms with Gasteiger partial charge in [0.05, 0.1) is 19.6 Å². The number of hydrogen-bond acceptors (Lipinski definition) is 7. The molecular weight excluding hydrogens is 602 g/mol. The van der Waals surface area contributed by atoms with Crippen LogP contribution in [0.5, 0.6) is 11.5 Å². The minimum atomic E-state index is -5.08. The number of aromatic hydroxyl groups is 1. The highest BCUT2D eigenvalue weighted by atomic mass is 19.4. The Labute approximate surface area is 258 Å². The molecule has 2 aromatic rings. The number of carboxylic acid groups (broad SMARTS) is 1. The number of fused-ring (bicyclic) bond motifs is 1. The summed E-state index contributed by atoms with van der Waals surface area (Å²) >= 11 is 0. The minimum absolute atomic E-state index is 0.00987. The molecular formula is C31H39F4N3O7. The second-order valence-electron chi connectivity index (χ2n) is 10.7. The van der Waals surface area contributed by atoms with Crippen LogP contribution >= 0.6 is 0 Å². The molecule has 0 saturated heterocycles. The van der Waals surface area contributed by atoms with E-state index in [1.54, 1.807) is 18.2 Å². The molecule has 4 rings (SSSR count). The van der Waals surface area contributed by atoms with Crippen LogP contribution in [0, 0.1) is 5.82 Å². The summed E-state index contributed by atoms with van der Waals surface area (Å²) in [4.78, 5) is 35.6. The standard InChI is InChI=1S/C29H38FN3O5.C2HF3O2/c30-23-6-4-5-21(19-23)12-17-37-18-13-27(36)33(24-7-2-1-3-8-24)16-15-31-14-11-22-9-10-25(34)28-29(22)38-20-26(35)32-28;3-2(4,5)1(6)7/h4-6,9-10,19,24,31,34H,1-3,7-8,11-18,20H2,(H,32,35);(H,6,7). The van der Waals surface area contributed by atoms with Crippen molar-refractivity contribution >= 4 is 23.5 Å². The number of hydrogen-bond donors (Lipinski definition) is 4. The fourth-order valence-corrected chi connectivity index (χ4v) is 5.15. The number of phenols is 1. The van der Waals surface area contributed by atoms with Crippen molar-refractivity contribution in [2.24, 2.45) is 0 Å². The smallest absolute Gasteiger partial charge is 0.490 e. The summed E-state index contributed by atoms with van der Waals surface area (Å²) < 4.78 is 56.3. The third kappa shape index (κ3) is 11.8. The van der Waals surface area contributed by atoms with Gasteiger partial charge in [0.2, 0.25) is 5.91 Å². The number of phenolic OH excluding ortho intramolecular Hbond substituents is 1. The van der Waals surface area contributed by atoms with Crippen molar-refractivity contribution in [3.8, 4) is 11.5 Å². The molecule has 1 heterocycles. The highest BCUT2D eigenvalue weighted by molar-refractivity contribution is 5.97. The van der Waals surface area contributed by atoms with Crippen LogP contribution in [0.4, 0.5) is 23.2 Å². The molecule has 0 unspecified atom stereocenters. The first-order valence-corrected chi connectivity index (χ1v) is 14.9. The molecule has 0 aromatic heterocycles. The molecule has 248 valence electrons. The van der Waals surface area contributed by atoms with Crippen molar-refractivity contribution in [3.05, 3.63) is 53.3 Å². The fourth-order valence-electron chi connectivity index (χ4n) is 5.15. The Balaban J connectivity index is 0.000000707. The lowest BCUT2D eigenvalue weighted by Crippen LogP contribution is -2.45. The van der Waals surface area contributed by atoms with Gasteiger partial charge in [0.25, 0.3) is 5.91 Å². The molecule has 0 spiro atoms. The first-order chi connectivity index (χ1) is 21.5. The van der Waals surface area contributed by atoms with Crippen LogP contribution in [-0.4, -0.2) is 84.6 Å². The highest BCUT2D eigenvalue weighted by Gasteiger charge is 2.38. The van der Waals surface area contributed by atoms with Gasteiger partial charge in [-0.1, -0.05) is 37.5 Å². The number of carboxylic acids is 1. The molecule has 1 aliphatic carbocycles. The van der Waals surface area contributed by atoms with E-state index in [0.717, 1.165) is 36.8 Å². The summed E-state index contributed by atoms with van der Waals surface area (Å²) in [5.74, 6) is -2.67. The zero-order valence-corrected chi connectivity index (χ0v) is 24.8. The number of nitrogens with one attached hydrogen (secondary N) is 2. The van der Waals surface area contributed by atoms with E-state index in [1.165, 1.54) is 18.6 Å². The van der Waals surface area contributed by atoms with Crippen molar-refractivity contribution < 1.29 is 51.6 Å². The Morgan fingerprint density at radius 1 is 1.07 bits per heavy atom. The number of amides is 2. The van der Waals surface area contributed by atoms with Gasteiger partial charge in [0.1, 0.15) is 17.3 Å². The molecule has 0 bridgehead atoms. The van der Waals surface area contributed by atoms with Crippen LogP contribution in [0.3, 0.4) is 0 Å². The Morgan fingerprint density at radius 2 is 1.80 bits per heavy atom. The predicted octanol–water partition coefficient (Wildman–Crippen LogP) is 4.44. The number of benzene rings is 2. The van der Waals surface area contributed by atoms with Crippen LogP contribution in [0.25, 0.3) is 0 Å². The third-order valence-electron chi connectivity index (χ3n) is 7.39. The van der Waals surface area contributed by atoms with E-state index in [1.807, 2.05) is 11.0 Å². The van der Waals surface area contributed by atoms with Crippen LogP contribution in [0.15, 0.2) is 36.4 Å². The molecule has 0 radical (unpaired) electrons. The van der Waals surface area contributed by atoms with Gasteiger partial charge in [-0.25, -0.2) is 9.18 Å². The maximum Gasteiger partial charge on any atom is 0.490 e. The average Bonchev–Trinajstić information content (AvgIpc) is 3.00. The number of alkyl halides is 3. The van der Waals surface area contributed by atoms with Crippen LogP contribution in [0.2, 0.25) is 0 Å². The van der Waals surface area contributed by atoms with Crippen molar-refractivity contribution in [2.75, 3.05) is 44.8 Å². The maximum absolute atomic E-state index is 13.3. The monoisotopic (exact) mass is 641 g/mol. The van der Waals surface area contributed by atoms with Gasteiger partial charge < -0.3 is 35.2 Å². The van der Waals surface area contributed by atoms with E-state index < -0.39 is 12.1 Å². The lowest BCUT2D eigenvalue weighted by molar-refractivity contribution is -0.192. The Bertz CT molecular complexity index is 1290. The summed E-state index contributed by atoms with van der Waals surface area (Å²) in [6, 6.07) is 10.1. The number of aliphatic carboxylic acids is 1. The van der Waals surface area contributed by atoms with Crippen LogP contribution in [-0.2, 0) is 32.0 Å². The van der Waals surface area contributed by atoms with Crippen molar-refractivity contribution in [1.82, 2.24) is 10.2 Å². The zero-order valence-electron chi connectivity index (χ0n) is 24.8. The summed E-state index contributed by atoms with van der Waals surface area (Å²) in [5.41, 5.74) is 2.11. The molecule has 1 fully saturated rings. The highest BCUT2D eigenvalue weighted by Crippen LogP contribution is 2.39. The third-order valence-corrected chi connectivity index (χ3v) is 7.39. The lowest BCUT2D eigenvalue weighted by Gasteiger charge is -2.34. The number of rotatable bonds is 13. The van der Waals surface area contributed by atoms with Crippen molar-refractivity contribution in [2.45, 2.75) is 63.6 Å². The Kier molecular flexibility index (Phi) is 13.9. The number of nitrogens with zero attached hydrogens (tertiary/aromatic N) is 1. The van der Waals surface area contributed by atoms with Crippen molar-refractivity contribution in [1.29, 1.82) is 0 Å². The average molecular weight is 642 g/mol. The van der Waals surface area contributed by atoms with Gasteiger partial charge in [0.15, 0.2) is 12.4 Å². The maximum atomic E-state index is 13.3. The Morgan fingerprint density at radius 3 is 2.49 bits per heavy atom. The molecule has 10 nitrogen and oxygen atoms in total. The minimum Gasteiger partial charge on any atom is -0.506 e. The van der Waals surface area contributed by atoms with Crippen LogP contribution in [0.1, 0.15) is 49.7 Å². The first-order valence-electron chi connectivity index (χ1n) is 14.9. The molecule has 4 N–H and O–H groups in total. The number of carbonyl (C=O) groups excluding carboxylic acids is 2. The lowest BCUT2D eigenvalue weighted by atomic mass is 9.94. The number of carbonyl (C=O) groups is 3. The molecule has 0 atom stereocenters. The van der Waals surface area contributed by atoms with E-state index in [0.29, 0.717) is 63.5 Å². The predicted molar refractivity (Wildman–Crippen MR) is 157 cm³/mol. The van der Waals surface area contributed by atoms with Gasteiger partial charge in [-0.15, -0.1) is 0 Å². The SMILES string of the molecule is O=C(O)C(F)(F)F.O=C1COc2c(CCNCCN(C(=O)CCOCCc3cccc(F)c3)C3CCCCC3)ccc(O)c2N1. The number of ether oxygens (including phenoxy) is 2. The molecule has 2 aliphatic rings. The van der Waals surface area contributed by atoms with E-state index in [4.69, 9.17) is 19.4 Å². The van der Waals surface area contributed by atoms with Gasteiger partial charge in [-0.2, -0.15) is 13.2 Å². The molecule has 1 saturated carbocycles. The van der Waals surface area contributed by atoms with Gasteiger partial charge in [0, 0.05) is 19.1 Å². The molecule has 1 aliphatic heterocycles. The normalized spacial score (nSPS) is 14.8. The largest absolute Gasteiger partial charge is 0.506 e. The molecule has 45 heavy (non-hydrogen) atoms. The van der Waals surface area contributed by atoms with E-state index in [2.05, 4.69) is 10.6 Å². The number of halogens is 4. The second-order valence-corrected chi connectivity index (χ2v) is 10.7. The Hall–Kier alpha value is -3.91. The molecule has 2 amide bonds. The second kappa shape index (κ2) is 17.5. The zero-order chi connectivity index (χ0) is 32.8. The fraction of sp³-hybridized carbons (Fsp3) is 0.516. The summed E-state index contributed by atoms with van der Waals surface area (Å²) in [6.07, 6.45) is 2.12. The topological polar surface area (TPSA) is 137 Å². The van der Waals surface area contributed by atoms with Crippen LogP contribution < -0.4 is 15.4 Å². The quantitative estimate of drug-likeness (QED) is 0.143. The molecule has 2 aromatic carbocycles. The summed E-state index contributed by atoms with van der Waals surface area (Å²) in [7, 11) is 0. The van der Waals surface area contributed by atoms with E-state index in [9.17, 15) is 32.3 Å². The molecule has 14 heteroatoms. The summed E-state index contributed by atoms with van der Waals surface area (Å²) in [5, 5.41) is 23.2. The number of anilines is 1. The van der Waals surface area contributed by atoms with Crippen molar-refractivity contribution in [3.63, 3.8) is 0 Å². The van der Waals surface area contributed by atoms with Gasteiger partial charge in [-0.05, 0) is 61.6 Å². The summed E-state index contributed by atoms with van der Waals surface area (Å²) in [6.45, 7) is 2.71. The van der Waals surface area contributed by atoms with Gasteiger partial charge >= 0.3 is 12.1 Å².